The van der Waals surface area contributed by atoms with Crippen LogP contribution in [0.3, 0.4) is 0 Å². The van der Waals surface area contributed by atoms with Crippen molar-refractivity contribution >= 4 is 16.7 Å². The van der Waals surface area contributed by atoms with Gasteiger partial charge in [0.15, 0.2) is 0 Å². The molecule has 5 heteroatoms. The molecule has 0 aliphatic heterocycles. The van der Waals surface area contributed by atoms with Gasteiger partial charge >= 0.3 is 0 Å². The first-order valence-electron chi connectivity index (χ1n) is 9.45. The zero-order valence-electron chi connectivity index (χ0n) is 15.2. The van der Waals surface area contributed by atoms with Gasteiger partial charge in [-0.15, -0.1) is 0 Å². The molecule has 1 fully saturated rings. The normalized spacial score (nSPS) is 15.7. The summed E-state index contributed by atoms with van der Waals surface area (Å²) in [5.74, 6) is -0.179. The summed E-state index contributed by atoms with van der Waals surface area (Å²) in [5, 5.41) is 8.56. The first kappa shape index (κ1) is 17.5. The van der Waals surface area contributed by atoms with Crippen LogP contribution in [0.5, 0.6) is 0 Å². The highest BCUT2D eigenvalue weighted by Gasteiger charge is 2.35. The summed E-state index contributed by atoms with van der Waals surface area (Å²) in [6.07, 6.45) is 6.14. The Kier molecular flexibility index (Phi) is 4.75. The number of rotatable bonds is 5. The van der Waals surface area contributed by atoms with Gasteiger partial charge in [-0.05, 0) is 24.5 Å². The molecule has 1 aliphatic rings. The van der Waals surface area contributed by atoms with Crippen molar-refractivity contribution in [3.8, 4) is 0 Å². The van der Waals surface area contributed by atoms with Gasteiger partial charge in [-0.1, -0.05) is 61.4 Å². The topological polar surface area (TPSA) is 64.0 Å². The second kappa shape index (κ2) is 7.35. The Morgan fingerprint density at radius 1 is 1.04 bits per heavy atom. The van der Waals surface area contributed by atoms with Crippen LogP contribution >= 0.6 is 0 Å². The van der Waals surface area contributed by atoms with E-state index in [0.717, 1.165) is 18.2 Å². The third-order valence-corrected chi connectivity index (χ3v) is 5.63. The van der Waals surface area contributed by atoms with Crippen molar-refractivity contribution in [2.45, 2.75) is 37.6 Å². The minimum absolute atomic E-state index is 0.00130. The average Bonchev–Trinajstić information content (AvgIpc) is 3.20. The van der Waals surface area contributed by atoms with E-state index in [-0.39, 0.29) is 23.4 Å². The van der Waals surface area contributed by atoms with Crippen LogP contribution in [0.2, 0.25) is 0 Å². The summed E-state index contributed by atoms with van der Waals surface area (Å²) in [6.45, 7) is 0.534. The molecule has 2 aromatic carbocycles. The van der Waals surface area contributed by atoms with E-state index in [1.807, 2.05) is 24.3 Å². The molecule has 1 amide bonds. The molecule has 5 nitrogen and oxygen atoms in total. The van der Waals surface area contributed by atoms with Gasteiger partial charge in [0.1, 0.15) is 6.54 Å². The van der Waals surface area contributed by atoms with Gasteiger partial charge in [0, 0.05) is 17.3 Å². The standard InChI is InChI=1S/C22H23N3O2/c26-20(15-25-21(27)19-11-5-4-8-17(19)14-24-25)23-16-22(12-6-7-13-22)18-9-2-1-3-10-18/h1-5,8-11,14H,6-7,12-13,15-16H2,(H,23,26). The van der Waals surface area contributed by atoms with Crippen LogP contribution in [0.25, 0.3) is 10.8 Å². The fourth-order valence-corrected chi connectivity index (χ4v) is 4.11. The van der Waals surface area contributed by atoms with E-state index in [1.165, 1.54) is 23.1 Å². The Labute approximate surface area is 158 Å². The Morgan fingerprint density at radius 2 is 1.74 bits per heavy atom. The van der Waals surface area contributed by atoms with E-state index >= 15 is 0 Å². The van der Waals surface area contributed by atoms with E-state index < -0.39 is 0 Å². The number of benzene rings is 2. The van der Waals surface area contributed by atoms with E-state index in [2.05, 4.69) is 34.7 Å². The highest BCUT2D eigenvalue weighted by Crippen LogP contribution is 2.40. The van der Waals surface area contributed by atoms with Gasteiger partial charge in [0.05, 0.1) is 11.6 Å². The van der Waals surface area contributed by atoms with E-state index in [4.69, 9.17) is 0 Å². The summed E-state index contributed by atoms with van der Waals surface area (Å²) in [5.41, 5.74) is 1.05. The number of fused-ring (bicyclic) bond motifs is 1. The van der Waals surface area contributed by atoms with Crippen molar-refractivity contribution in [2.24, 2.45) is 0 Å². The molecule has 0 radical (unpaired) electrons. The summed E-state index contributed by atoms with van der Waals surface area (Å²) < 4.78 is 1.24. The molecule has 3 aromatic rings. The number of carbonyl (C=O) groups excluding carboxylic acids is 1. The molecule has 1 aliphatic carbocycles. The summed E-state index contributed by atoms with van der Waals surface area (Å²) in [7, 11) is 0. The minimum atomic E-state index is -0.234. The fraction of sp³-hybridized carbons (Fsp3) is 0.318. The largest absolute Gasteiger partial charge is 0.354 e. The number of hydrogen-bond acceptors (Lipinski definition) is 3. The molecule has 138 valence electrons. The van der Waals surface area contributed by atoms with E-state index in [0.29, 0.717) is 11.9 Å². The van der Waals surface area contributed by atoms with Crippen molar-refractivity contribution in [3.63, 3.8) is 0 Å². The highest BCUT2D eigenvalue weighted by molar-refractivity contribution is 5.81. The van der Waals surface area contributed by atoms with Crippen molar-refractivity contribution < 1.29 is 4.79 Å². The quantitative estimate of drug-likeness (QED) is 0.760. The third-order valence-electron chi connectivity index (χ3n) is 5.63. The highest BCUT2D eigenvalue weighted by atomic mass is 16.2. The second-order valence-corrected chi connectivity index (χ2v) is 7.32. The van der Waals surface area contributed by atoms with Crippen LogP contribution in [0.15, 0.2) is 65.6 Å². The first-order chi connectivity index (χ1) is 13.2. The van der Waals surface area contributed by atoms with Crippen molar-refractivity contribution in [1.82, 2.24) is 15.1 Å². The molecular formula is C22H23N3O2. The summed E-state index contributed by atoms with van der Waals surface area (Å²) in [6, 6.07) is 17.7. The lowest BCUT2D eigenvalue weighted by molar-refractivity contribution is -0.122. The SMILES string of the molecule is O=C(Cn1ncc2ccccc2c1=O)NCC1(c2ccccc2)CCCC1. The Morgan fingerprint density at radius 3 is 2.52 bits per heavy atom. The maximum Gasteiger partial charge on any atom is 0.275 e. The Balaban J connectivity index is 1.48. The maximum atomic E-state index is 12.5. The molecule has 0 spiro atoms. The van der Waals surface area contributed by atoms with Crippen LogP contribution in [0.4, 0.5) is 0 Å². The van der Waals surface area contributed by atoms with Crippen molar-refractivity contribution in [2.75, 3.05) is 6.54 Å². The van der Waals surface area contributed by atoms with Gasteiger partial charge < -0.3 is 5.32 Å². The zero-order valence-corrected chi connectivity index (χ0v) is 15.2. The predicted molar refractivity (Wildman–Crippen MR) is 106 cm³/mol. The van der Waals surface area contributed by atoms with Gasteiger partial charge in [-0.2, -0.15) is 5.10 Å². The Bertz CT molecular complexity index is 1000. The fourth-order valence-electron chi connectivity index (χ4n) is 4.11. The maximum absolute atomic E-state index is 12.5. The van der Waals surface area contributed by atoms with Crippen molar-refractivity contribution in [3.05, 3.63) is 76.7 Å². The van der Waals surface area contributed by atoms with Crippen LogP contribution < -0.4 is 10.9 Å². The zero-order chi connectivity index (χ0) is 18.7. The number of hydrogen-bond donors (Lipinski definition) is 1. The second-order valence-electron chi connectivity index (χ2n) is 7.32. The van der Waals surface area contributed by atoms with Gasteiger partial charge in [0.2, 0.25) is 5.91 Å². The molecule has 1 N–H and O–H groups in total. The molecule has 0 unspecified atom stereocenters. The lowest BCUT2D eigenvalue weighted by atomic mass is 9.79. The molecule has 1 aromatic heterocycles. The number of nitrogens with zero attached hydrogens (tertiary/aromatic N) is 2. The molecule has 4 rings (SSSR count). The average molecular weight is 361 g/mol. The molecule has 0 atom stereocenters. The lowest BCUT2D eigenvalue weighted by Crippen LogP contribution is -2.41. The van der Waals surface area contributed by atoms with E-state index in [9.17, 15) is 9.59 Å². The van der Waals surface area contributed by atoms with Gasteiger partial charge in [-0.25, -0.2) is 4.68 Å². The third kappa shape index (κ3) is 3.50. The van der Waals surface area contributed by atoms with E-state index in [1.54, 1.807) is 12.3 Å². The van der Waals surface area contributed by atoms with Crippen LogP contribution in [-0.4, -0.2) is 22.2 Å². The molecule has 27 heavy (non-hydrogen) atoms. The van der Waals surface area contributed by atoms with Gasteiger partial charge in [0.25, 0.3) is 5.56 Å². The molecule has 0 saturated heterocycles. The Hall–Kier alpha value is -2.95. The lowest BCUT2D eigenvalue weighted by Gasteiger charge is -2.30. The smallest absolute Gasteiger partial charge is 0.275 e. The predicted octanol–water partition coefficient (Wildman–Crippen LogP) is 3.02. The summed E-state index contributed by atoms with van der Waals surface area (Å²) in [4.78, 5) is 25.0. The van der Waals surface area contributed by atoms with Crippen LogP contribution in [0.1, 0.15) is 31.2 Å². The molecular weight excluding hydrogens is 338 g/mol. The van der Waals surface area contributed by atoms with Crippen molar-refractivity contribution in [1.29, 1.82) is 0 Å². The molecule has 0 bridgehead atoms. The summed E-state index contributed by atoms with van der Waals surface area (Å²) >= 11 is 0. The van der Waals surface area contributed by atoms with Crippen LogP contribution in [-0.2, 0) is 16.8 Å². The monoisotopic (exact) mass is 361 g/mol. The number of carbonyl (C=O) groups is 1. The van der Waals surface area contributed by atoms with Gasteiger partial charge in [-0.3, -0.25) is 9.59 Å². The number of aromatic nitrogens is 2. The first-order valence-corrected chi connectivity index (χ1v) is 9.45. The van der Waals surface area contributed by atoms with Crippen LogP contribution in [0, 0.1) is 0 Å². The molecule has 1 heterocycles. The molecule has 1 saturated carbocycles. The number of nitrogens with one attached hydrogen (secondary N) is 1. The number of amides is 1. The minimum Gasteiger partial charge on any atom is -0.354 e.